The Balaban J connectivity index is 1.87. The van der Waals surface area contributed by atoms with Crippen LogP contribution in [0.4, 0.5) is 10.1 Å². The van der Waals surface area contributed by atoms with Crippen LogP contribution in [-0.4, -0.2) is 29.6 Å². The van der Waals surface area contributed by atoms with Crippen LogP contribution in [0.1, 0.15) is 19.8 Å². The number of fused-ring (bicyclic) bond motifs is 1. The van der Waals surface area contributed by atoms with Crippen LogP contribution < -0.4 is 4.80 Å². The lowest BCUT2D eigenvalue weighted by atomic mass is 10.3. The van der Waals surface area contributed by atoms with Gasteiger partial charge in [-0.2, -0.15) is 4.99 Å². The molecule has 0 radical (unpaired) electrons. The minimum atomic E-state index is -3.75. The van der Waals surface area contributed by atoms with Gasteiger partial charge in [-0.25, -0.2) is 12.8 Å². The summed E-state index contributed by atoms with van der Waals surface area (Å²) in [5, 5.41) is 11.0. The molecule has 0 N–H and O–H groups in total. The average molecular weight is 452 g/mol. The van der Waals surface area contributed by atoms with E-state index in [-0.39, 0.29) is 17.0 Å². The number of nitrogens with zero attached hydrogens (tertiary/aromatic N) is 3. The molecule has 0 spiro atoms. The molecule has 1 amide bonds. The Morgan fingerprint density at radius 2 is 1.93 bits per heavy atom. The molecule has 30 heavy (non-hydrogen) atoms. The minimum absolute atomic E-state index is 0.0596. The van der Waals surface area contributed by atoms with Gasteiger partial charge in [-0.3, -0.25) is 14.9 Å². The maximum absolute atomic E-state index is 13.0. The molecule has 1 aromatic heterocycles. The minimum Gasteiger partial charge on any atom is -0.316 e. The van der Waals surface area contributed by atoms with Crippen LogP contribution in [-0.2, 0) is 21.2 Å². The van der Waals surface area contributed by atoms with Crippen molar-refractivity contribution in [2.45, 2.75) is 31.2 Å². The van der Waals surface area contributed by atoms with Crippen molar-refractivity contribution in [1.82, 2.24) is 4.57 Å². The van der Waals surface area contributed by atoms with E-state index in [1.165, 1.54) is 12.1 Å². The van der Waals surface area contributed by atoms with Crippen molar-refractivity contribution in [3.63, 3.8) is 0 Å². The second-order valence-corrected chi connectivity index (χ2v) is 9.59. The van der Waals surface area contributed by atoms with Gasteiger partial charge in [-0.05, 0) is 36.8 Å². The Kier molecular flexibility index (Phi) is 6.42. The predicted octanol–water partition coefficient (Wildman–Crippen LogP) is 3.45. The summed E-state index contributed by atoms with van der Waals surface area (Å²) >= 11 is 1.13. The van der Waals surface area contributed by atoms with E-state index in [0.717, 1.165) is 47.5 Å². The molecule has 0 fully saturated rings. The fraction of sp³-hybridized carbons (Fsp3) is 0.263. The molecule has 0 saturated heterocycles. The van der Waals surface area contributed by atoms with Gasteiger partial charge >= 0.3 is 0 Å². The van der Waals surface area contributed by atoms with Gasteiger partial charge in [0.15, 0.2) is 14.6 Å². The second-order valence-electron chi connectivity index (χ2n) is 6.47. The number of sulfone groups is 1. The molecule has 0 bridgehead atoms. The summed E-state index contributed by atoms with van der Waals surface area (Å²) in [6.45, 7) is 2.50. The van der Waals surface area contributed by atoms with E-state index in [0.29, 0.717) is 16.0 Å². The smallest absolute Gasteiger partial charge is 0.270 e. The lowest BCUT2D eigenvalue weighted by molar-refractivity contribution is -0.384. The van der Waals surface area contributed by atoms with Crippen molar-refractivity contribution in [3.8, 4) is 0 Å². The number of aryl methyl sites for hydroxylation is 1. The maximum atomic E-state index is 13.0. The van der Waals surface area contributed by atoms with Gasteiger partial charge < -0.3 is 4.57 Å². The van der Waals surface area contributed by atoms with E-state index in [1.807, 2.05) is 6.92 Å². The topological polar surface area (TPSA) is 112 Å². The molecule has 0 aliphatic carbocycles. The first-order valence-corrected chi connectivity index (χ1v) is 11.5. The number of halogens is 1. The van der Waals surface area contributed by atoms with Crippen LogP contribution in [0.15, 0.2) is 52.4 Å². The van der Waals surface area contributed by atoms with E-state index >= 15 is 0 Å². The Bertz CT molecular complexity index is 1280. The SMILES string of the molecule is CCCn1c(=NC(=O)CCS(=O)(=O)c2ccc(F)cc2)sc2cc([N+](=O)[O-])ccc21. The zero-order valence-electron chi connectivity index (χ0n) is 15.9. The number of rotatable bonds is 7. The van der Waals surface area contributed by atoms with Crippen molar-refractivity contribution >= 4 is 43.0 Å². The summed E-state index contributed by atoms with van der Waals surface area (Å²) in [6.07, 6.45) is 0.420. The Labute approximate surface area is 175 Å². The fourth-order valence-electron chi connectivity index (χ4n) is 2.84. The van der Waals surface area contributed by atoms with Gasteiger partial charge in [-0.1, -0.05) is 18.3 Å². The summed E-state index contributed by atoms with van der Waals surface area (Å²) in [4.78, 5) is 27.2. The molecule has 2 aromatic carbocycles. The van der Waals surface area contributed by atoms with Gasteiger partial charge in [0.25, 0.3) is 5.69 Å². The molecule has 158 valence electrons. The van der Waals surface area contributed by atoms with Gasteiger partial charge in [0, 0.05) is 25.1 Å². The number of nitro benzene ring substituents is 1. The predicted molar refractivity (Wildman–Crippen MR) is 110 cm³/mol. The first kappa shape index (κ1) is 21.8. The molecule has 3 rings (SSSR count). The molecule has 11 heteroatoms. The number of non-ortho nitro benzene ring substituents is 1. The number of hydrogen-bond acceptors (Lipinski definition) is 6. The lowest BCUT2D eigenvalue weighted by Crippen LogP contribution is -2.18. The van der Waals surface area contributed by atoms with E-state index in [2.05, 4.69) is 4.99 Å². The Morgan fingerprint density at radius 1 is 1.23 bits per heavy atom. The summed E-state index contributed by atoms with van der Waals surface area (Å²) in [5.41, 5.74) is 0.661. The van der Waals surface area contributed by atoms with E-state index in [1.54, 1.807) is 10.6 Å². The number of aromatic nitrogens is 1. The molecule has 1 heterocycles. The third-order valence-corrected chi connectivity index (χ3v) is 7.08. The quantitative estimate of drug-likeness (QED) is 0.310. The lowest BCUT2D eigenvalue weighted by Gasteiger charge is -2.03. The molecule has 0 saturated carbocycles. The van der Waals surface area contributed by atoms with Crippen LogP contribution in [0.25, 0.3) is 10.2 Å². The molecule has 8 nitrogen and oxygen atoms in total. The highest BCUT2D eigenvalue weighted by atomic mass is 32.2. The second kappa shape index (κ2) is 8.84. The van der Waals surface area contributed by atoms with Crippen molar-refractivity contribution in [1.29, 1.82) is 0 Å². The van der Waals surface area contributed by atoms with E-state index < -0.39 is 32.2 Å². The highest BCUT2D eigenvalue weighted by molar-refractivity contribution is 7.91. The molecule has 0 aliphatic rings. The van der Waals surface area contributed by atoms with Crippen molar-refractivity contribution in [2.75, 3.05) is 5.75 Å². The first-order valence-electron chi connectivity index (χ1n) is 9.05. The Hall–Kier alpha value is -2.92. The summed E-state index contributed by atoms with van der Waals surface area (Å²) in [6, 6.07) is 8.83. The zero-order valence-corrected chi connectivity index (χ0v) is 17.6. The molecule has 0 aliphatic heterocycles. The third kappa shape index (κ3) is 4.79. The normalized spacial score (nSPS) is 12.4. The van der Waals surface area contributed by atoms with Crippen LogP contribution in [0.2, 0.25) is 0 Å². The van der Waals surface area contributed by atoms with Crippen molar-refractivity contribution < 1.29 is 22.5 Å². The molecule has 0 atom stereocenters. The number of hydrogen-bond donors (Lipinski definition) is 0. The van der Waals surface area contributed by atoms with Gasteiger partial charge in [0.1, 0.15) is 5.82 Å². The third-order valence-electron chi connectivity index (χ3n) is 4.30. The number of thiazole rings is 1. The number of benzene rings is 2. The van der Waals surface area contributed by atoms with Crippen molar-refractivity contribution in [2.24, 2.45) is 4.99 Å². The number of nitro groups is 1. The molecule has 3 aromatic rings. The van der Waals surface area contributed by atoms with Gasteiger partial charge in [0.2, 0.25) is 5.91 Å². The van der Waals surface area contributed by atoms with Gasteiger partial charge in [-0.15, -0.1) is 0 Å². The largest absolute Gasteiger partial charge is 0.316 e. The summed E-state index contributed by atoms with van der Waals surface area (Å²) < 4.78 is 40.0. The van der Waals surface area contributed by atoms with Gasteiger partial charge in [0.05, 0.1) is 25.8 Å². The van der Waals surface area contributed by atoms with Crippen LogP contribution in [0, 0.1) is 15.9 Å². The highest BCUT2D eigenvalue weighted by Gasteiger charge is 2.17. The standard InChI is InChI=1S/C19H18FN3O5S2/c1-2-10-22-16-8-5-14(23(25)26)12-17(16)29-19(22)21-18(24)9-11-30(27,28)15-6-3-13(20)4-7-15/h3-8,12H,2,9-11H2,1H3. The first-order chi connectivity index (χ1) is 14.2. The van der Waals surface area contributed by atoms with Crippen LogP contribution >= 0.6 is 11.3 Å². The van der Waals surface area contributed by atoms with E-state index in [4.69, 9.17) is 0 Å². The van der Waals surface area contributed by atoms with Crippen LogP contribution in [0.5, 0.6) is 0 Å². The summed E-state index contributed by atoms with van der Waals surface area (Å²) in [7, 11) is -3.75. The molecular formula is C19H18FN3O5S2. The fourth-order valence-corrected chi connectivity index (χ4v) is 5.18. The monoisotopic (exact) mass is 451 g/mol. The molecular weight excluding hydrogens is 433 g/mol. The highest BCUT2D eigenvalue weighted by Crippen LogP contribution is 2.23. The Morgan fingerprint density at radius 3 is 2.57 bits per heavy atom. The summed E-state index contributed by atoms with van der Waals surface area (Å²) in [5.74, 6) is -1.62. The van der Waals surface area contributed by atoms with Crippen LogP contribution in [0.3, 0.4) is 0 Å². The van der Waals surface area contributed by atoms with Crippen molar-refractivity contribution in [3.05, 3.63) is 63.2 Å². The average Bonchev–Trinajstić information content (AvgIpc) is 3.03. The zero-order chi connectivity index (χ0) is 21.9. The van der Waals surface area contributed by atoms with E-state index in [9.17, 15) is 27.7 Å². The maximum Gasteiger partial charge on any atom is 0.270 e. The number of amides is 1. The molecule has 0 unspecified atom stereocenters. The number of carbonyl (C=O) groups excluding carboxylic acids is 1. The number of carbonyl (C=O) groups is 1.